The van der Waals surface area contributed by atoms with Crippen molar-refractivity contribution < 1.29 is 9.59 Å². The Balaban J connectivity index is 0.00000288. The zero-order chi connectivity index (χ0) is 16.8. The Morgan fingerprint density at radius 1 is 1.38 bits per heavy atom. The van der Waals surface area contributed by atoms with E-state index >= 15 is 0 Å². The lowest BCUT2D eigenvalue weighted by Gasteiger charge is -2.32. The SMILES string of the molecule is CCCCNC(=O)C1CCCN(C(=O)c2cc(N)ccc2C)C1.Cl. The highest BCUT2D eigenvalue weighted by molar-refractivity contribution is 5.97. The zero-order valence-electron chi connectivity index (χ0n) is 14.5. The summed E-state index contributed by atoms with van der Waals surface area (Å²) in [5.41, 5.74) is 7.94. The van der Waals surface area contributed by atoms with Crippen LogP contribution >= 0.6 is 12.4 Å². The van der Waals surface area contributed by atoms with Crippen LogP contribution in [0.3, 0.4) is 0 Å². The fourth-order valence-electron chi connectivity index (χ4n) is 2.95. The largest absolute Gasteiger partial charge is 0.399 e. The van der Waals surface area contributed by atoms with Gasteiger partial charge in [0.05, 0.1) is 5.92 Å². The molecular formula is C18H28ClN3O2. The summed E-state index contributed by atoms with van der Waals surface area (Å²) in [4.78, 5) is 26.8. The number of nitrogen functional groups attached to an aromatic ring is 1. The van der Waals surface area contributed by atoms with Crippen LogP contribution in [-0.2, 0) is 4.79 Å². The second-order valence-electron chi connectivity index (χ2n) is 6.31. The molecule has 1 saturated heterocycles. The minimum Gasteiger partial charge on any atom is -0.399 e. The Hall–Kier alpha value is -1.75. The number of carbonyl (C=O) groups is 2. The van der Waals surface area contributed by atoms with Crippen LogP contribution in [-0.4, -0.2) is 36.3 Å². The zero-order valence-corrected chi connectivity index (χ0v) is 15.3. The molecule has 3 N–H and O–H groups in total. The summed E-state index contributed by atoms with van der Waals surface area (Å²) in [7, 11) is 0. The molecule has 1 aliphatic heterocycles. The van der Waals surface area contributed by atoms with E-state index in [1.807, 2.05) is 13.0 Å². The van der Waals surface area contributed by atoms with Crippen molar-refractivity contribution >= 4 is 29.9 Å². The first-order valence-electron chi connectivity index (χ1n) is 8.46. The average molecular weight is 354 g/mol. The van der Waals surface area contributed by atoms with Crippen molar-refractivity contribution in [2.75, 3.05) is 25.4 Å². The normalized spacial score (nSPS) is 17.1. The molecule has 5 nitrogen and oxygen atoms in total. The van der Waals surface area contributed by atoms with Gasteiger partial charge in [-0.05, 0) is 43.9 Å². The molecule has 134 valence electrons. The van der Waals surface area contributed by atoms with E-state index < -0.39 is 0 Å². The lowest BCUT2D eigenvalue weighted by atomic mass is 9.96. The van der Waals surface area contributed by atoms with Gasteiger partial charge in [0.2, 0.25) is 5.91 Å². The number of halogens is 1. The van der Waals surface area contributed by atoms with Crippen molar-refractivity contribution in [2.24, 2.45) is 5.92 Å². The topological polar surface area (TPSA) is 75.4 Å². The van der Waals surface area contributed by atoms with Gasteiger partial charge in [0.25, 0.3) is 5.91 Å². The van der Waals surface area contributed by atoms with E-state index in [9.17, 15) is 9.59 Å². The maximum atomic E-state index is 12.7. The predicted octanol–water partition coefficient (Wildman–Crippen LogP) is 2.77. The van der Waals surface area contributed by atoms with Gasteiger partial charge in [-0.15, -0.1) is 12.4 Å². The fourth-order valence-corrected chi connectivity index (χ4v) is 2.95. The first kappa shape index (κ1) is 20.3. The molecule has 1 aromatic carbocycles. The van der Waals surface area contributed by atoms with E-state index in [-0.39, 0.29) is 30.1 Å². The Kier molecular flexibility index (Phi) is 8.05. The van der Waals surface area contributed by atoms with Gasteiger partial charge in [-0.3, -0.25) is 9.59 Å². The number of carbonyl (C=O) groups excluding carboxylic acids is 2. The van der Waals surface area contributed by atoms with Crippen LogP contribution in [0, 0.1) is 12.8 Å². The molecule has 1 fully saturated rings. The molecule has 0 bridgehead atoms. The third kappa shape index (κ3) is 5.13. The highest BCUT2D eigenvalue weighted by atomic mass is 35.5. The second kappa shape index (κ2) is 9.52. The number of rotatable bonds is 5. The molecule has 0 saturated carbocycles. The summed E-state index contributed by atoms with van der Waals surface area (Å²) in [6.45, 7) is 5.91. The molecular weight excluding hydrogens is 326 g/mol. The van der Waals surface area contributed by atoms with Crippen LogP contribution in [0.2, 0.25) is 0 Å². The van der Waals surface area contributed by atoms with Gasteiger partial charge in [-0.2, -0.15) is 0 Å². The van der Waals surface area contributed by atoms with Crippen LogP contribution in [0.25, 0.3) is 0 Å². The van der Waals surface area contributed by atoms with Gasteiger partial charge in [0.1, 0.15) is 0 Å². The first-order chi connectivity index (χ1) is 11.0. The van der Waals surface area contributed by atoms with Crippen molar-refractivity contribution in [3.63, 3.8) is 0 Å². The third-order valence-corrected chi connectivity index (χ3v) is 4.40. The summed E-state index contributed by atoms with van der Waals surface area (Å²) < 4.78 is 0. The highest BCUT2D eigenvalue weighted by Gasteiger charge is 2.29. The number of hydrogen-bond donors (Lipinski definition) is 2. The second-order valence-corrected chi connectivity index (χ2v) is 6.31. The van der Waals surface area contributed by atoms with E-state index in [0.717, 1.165) is 31.2 Å². The molecule has 1 atom stereocenters. The van der Waals surface area contributed by atoms with E-state index in [4.69, 9.17) is 5.73 Å². The Labute approximate surface area is 150 Å². The summed E-state index contributed by atoms with van der Waals surface area (Å²) in [6.07, 6.45) is 3.75. The molecule has 1 unspecified atom stereocenters. The van der Waals surface area contributed by atoms with Crippen LogP contribution in [0.4, 0.5) is 5.69 Å². The molecule has 0 aliphatic carbocycles. The highest BCUT2D eigenvalue weighted by Crippen LogP contribution is 2.21. The first-order valence-corrected chi connectivity index (χ1v) is 8.46. The van der Waals surface area contributed by atoms with Gasteiger partial charge in [-0.1, -0.05) is 19.4 Å². The number of hydrogen-bond acceptors (Lipinski definition) is 3. The van der Waals surface area contributed by atoms with Gasteiger partial charge < -0.3 is 16.0 Å². The standard InChI is InChI=1S/C18H27N3O2.ClH/c1-3-4-9-20-17(22)14-6-5-10-21(12-14)18(23)16-11-15(19)8-7-13(16)2;/h7-8,11,14H,3-6,9-10,12,19H2,1-2H3,(H,20,22);1H. The summed E-state index contributed by atoms with van der Waals surface area (Å²) in [6, 6.07) is 5.39. The molecule has 1 heterocycles. The van der Waals surface area contributed by atoms with Crippen LogP contribution in [0.5, 0.6) is 0 Å². The van der Waals surface area contributed by atoms with Crippen molar-refractivity contribution in [2.45, 2.75) is 39.5 Å². The van der Waals surface area contributed by atoms with Crippen molar-refractivity contribution in [1.82, 2.24) is 10.2 Å². The molecule has 0 radical (unpaired) electrons. The summed E-state index contributed by atoms with van der Waals surface area (Å²) in [5.74, 6) is -0.0629. The molecule has 0 spiro atoms. The lowest BCUT2D eigenvalue weighted by molar-refractivity contribution is -0.126. The molecule has 0 aromatic heterocycles. The van der Waals surface area contributed by atoms with Crippen LogP contribution in [0.1, 0.15) is 48.5 Å². The monoisotopic (exact) mass is 353 g/mol. The maximum Gasteiger partial charge on any atom is 0.254 e. The predicted molar refractivity (Wildman–Crippen MR) is 99.4 cm³/mol. The average Bonchev–Trinajstić information content (AvgIpc) is 2.56. The maximum absolute atomic E-state index is 12.7. The third-order valence-electron chi connectivity index (χ3n) is 4.40. The van der Waals surface area contributed by atoms with E-state index in [1.165, 1.54) is 0 Å². The van der Waals surface area contributed by atoms with E-state index in [0.29, 0.717) is 30.9 Å². The summed E-state index contributed by atoms with van der Waals surface area (Å²) in [5, 5.41) is 2.98. The van der Waals surface area contributed by atoms with Crippen LogP contribution in [0.15, 0.2) is 18.2 Å². The molecule has 2 rings (SSSR count). The van der Waals surface area contributed by atoms with Gasteiger partial charge in [-0.25, -0.2) is 0 Å². The molecule has 2 amide bonds. The number of aryl methyl sites for hydroxylation is 1. The number of anilines is 1. The number of piperidine rings is 1. The van der Waals surface area contributed by atoms with Gasteiger partial charge in [0.15, 0.2) is 0 Å². The van der Waals surface area contributed by atoms with E-state index in [2.05, 4.69) is 12.2 Å². The quantitative estimate of drug-likeness (QED) is 0.631. The minimum absolute atomic E-state index is 0. The number of unbranched alkanes of at least 4 members (excludes halogenated alkanes) is 1. The molecule has 6 heteroatoms. The minimum atomic E-state index is -0.106. The number of benzene rings is 1. The molecule has 1 aliphatic rings. The lowest BCUT2D eigenvalue weighted by Crippen LogP contribution is -2.45. The summed E-state index contributed by atoms with van der Waals surface area (Å²) >= 11 is 0. The van der Waals surface area contributed by atoms with Crippen LogP contribution < -0.4 is 11.1 Å². The number of nitrogens with zero attached hydrogens (tertiary/aromatic N) is 1. The number of nitrogens with two attached hydrogens (primary N) is 1. The number of likely N-dealkylation sites (tertiary alicyclic amines) is 1. The van der Waals surface area contributed by atoms with Crippen molar-refractivity contribution in [1.29, 1.82) is 0 Å². The van der Waals surface area contributed by atoms with Crippen molar-refractivity contribution in [3.8, 4) is 0 Å². The van der Waals surface area contributed by atoms with Crippen molar-refractivity contribution in [3.05, 3.63) is 29.3 Å². The fraction of sp³-hybridized carbons (Fsp3) is 0.556. The van der Waals surface area contributed by atoms with Gasteiger partial charge >= 0.3 is 0 Å². The smallest absolute Gasteiger partial charge is 0.254 e. The number of nitrogens with one attached hydrogen (secondary N) is 1. The van der Waals surface area contributed by atoms with Gasteiger partial charge in [0, 0.05) is 30.9 Å². The Morgan fingerprint density at radius 3 is 2.83 bits per heavy atom. The van der Waals surface area contributed by atoms with E-state index in [1.54, 1.807) is 17.0 Å². The number of amides is 2. The molecule has 24 heavy (non-hydrogen) atoms. The Morgan fingerprint density at radius 2 is 2.12 bits per heavy atom. The Bertz CT molecular complexity index is 577. The molecule has 1 aromatic rings.